The van der Waals surface area contributed by atoms with Gasteiger partial charge < -0.3 is 9.84 Å². The molecule has 1 aliphatic heterocycles. The van der Waals surface area contributed by atoms with Gasteiger partial charge in [-0.3, -0.25) is 4.68 Å². The van der Waals surface area contributed by atoms with Crippen molar-refractivity contribution in [2.45, 2.75) is 30.9 Å². The molecule has 0 bridgehead atoms. The number of nitrogens with zero attached hydrogens (tertiary/aromatic N) is 3. The number of phenols is 1. The van der Waals surface area contributed by atoms with Crippen LogP contribution in [0.1, 0.15) is 31.6 Å². The van der Waals surface area contributed by atoms with Crippen molar-refractivity contribution >= 4 is 10.0 Å². The Morgan fingerprint density at radius 3 is 2.83 bits per heavy atom. The lowest BCUT2D eigenvalue weighted by Gasteiger charge is -2.32. The Balaban J connectivity index is 1.82. The molecule has 8 heteroatoms. The Hall–Kier alpha value is -1.90. The number of sulfonamides is 1. The van der Waals surface area contributed by atoms with E-state index >= 15 is 0 Å². The zero-order valence-corrected chi connectivity index (χ0v) is 14.5. The van der Waals surface area contributed by atoms with Crippen LogP contribution in [0.4, 0.5) is 0 Å². The summed E-state index contributed by atoms with van der Waals surface area (Å²) in [5.74, 6) is 0.134. The fourth-order valence-electron chi connectivity index (χ4n) is 2.66. The zero-order chi connectivity index (χ0) is 17.3. The van der Waals surface area contributed by atoms with E-state index in [1.165, 1.54) is 10.5 Å². The molecule has 130 valence electrons. The normalized spacial score (nSPS) is 19.7. The van der Waals surface area contributed by atoms with Crippen LogP contribution < -0.4 is 0 Å². The maximum absolute atomic E-state index is 12.8. The van der Waals surface area contributed by atoms with Crippen LogP contribution in [-0.2, 0) is 14.8 Å². The highest BCUT2D eigenvalue weighted by Gasteiger charge is 2.32. The zero-order valence-electron chi connectivity index (χ0n) is 13.7. The SMILES string of the molecule is CC(C)n1cc(S(=O)(=O)N2CCOC(c3cccc(O)c3)C2)cn1. The number of phenolic OH excluding ortho intramolecular Hbond substituents is 1. The Morgan fingerprint density at radius 2 is 2.17 bits per heavy atom. The quantitative estimate of drug-likeness (QED) is 0.910. The maximum atomic E-state index is 12.8. The van der Waals surface area contributed by atoms with Crippen LogP contribution in [0.3, 0.4) is 0 Å². The maximum Gasteiger partial charge on any atom is 0.246 e. The molecule has 1 fully saturated rings. The second kappa shape index (κ2) is 6.54. The molecule has 24 heavy (non-hydrogen) atoms. The third kappa shape index (κ3) is 3.31. The Morgan fingerprint density at radius 1 is 1.38 bits per heavy atom. The third-order valence-electron chi connectivity index (χ3n) is 4.02. The van der Waals surface area contributed by atoms with Gasteiger partial charge in [0.15, 0.2) is 0 Å². The summed E-state index contributed by atoms with van der Waals surface area (Å²) in [7, 11) is -3.62. The van der Waals surface area contributed by atoms with E-state index < -0.39 is 16.1 Å². The number of morpholine rings is 1. The number of hydrogen-bond acceptors (Lipinski definition) is 5. The van der Waals surface area contributed by atoms with E-state index in [-0.39, 0.29) is 23.2 Å². The smallest absolute Gasteiger partial charge is 0.246 e. The fraction of sp³-hybridized carbons (Fsp3) is 0.438. The summed E-state index contributed by atoms with van der Waals surface area (Å²) in [4.78, 5) is 0.188. The lowest BCUT2D eigenvalue weighted by Crippen LogP contribution is -2.42. The second-order valence-corrected chi connectivity index (χ2v) is 8.01. The van der Waals surface area contributed by atoms with E-state index in [9.17, 15) is 13.5 Å². The van der Waals surface area contributed by atoms with Gasteiger partial charge in [0.05, 0.1) is 18.9 Å². The Labute approximate surface area is 141 Å². The van der Waals surface area contributed by atoms with E-state index in [1.807, 2.05) is 19.9 Å². The first-order valence-electron chi connectivity index (χ1n) is 7.83. The molecule has 1 aromatic carbocycles. The first kappa shape index (κ1) is 16.9. The van der Waals surface area contributed by atoms with Gasteiger partial charge in [-0.05, 0) is 31.5 Å². The van der Waals surface area contributed by atoms with Crippen molar-refractivity contribution in [3.63, 3.8) is 0 Å². The van der Waals surface area contributed by atoms with Gasteiger partial charge in [0, 0.05) is 25.3 Å². The third-order valence-corrected chi connectivity index (χ3v) is 5.83. The van der Waals surface area contributed by atoms with E-state index in [2.05, 4.69) is 5.10 Å². The topological polar surface area (TPSA) is 84.7 Å². The summed E-state index contributed by atoms with van der Waals surface area (Å²) in [5.41, 5.74) is 0.757. The second-order valence-electron chi connectivity index (χ2n) is 6.07. The number of ether oxygens (including phenoxy) is 1. The van der Waals surface area contributed by atoms with Gasteiger partial charge in [-0.15, -0.1) is 0 Å². The number of aromatic nitrogens is 2. The summed E-state index contributed by atoms with van der Waals surface area (Å²) in [6.45, 7) is 4.69. The lowest BCUT2D eigenvalue weighted by atomic mass is 10.1. The fourth-order valence-corrected chi connectivity index (χ4v) is 4.02. The summed E-state index contributed by atoms with van der Waals surface area (Å²) in [6, 6.07) is 6.79. The molecular weight excluding hydrogens is 330 g/mol. The minimum Gasteiger partial charge on any atom is -0.508 e. The van der Waals surface area contributed by atoms with Crippen molar-refractivity contribution in [3.8, 4) is 5.75 Å². The minimum absolute atomic E-state index is 0.0960. The van der Waals surface area contributed by atoms with E-state index in [0.29, 0.717) is 13.2 Å². The molecule has 0 spiro atoms. The average molecular weight is 351 g/mol. The van der Waals surface area contributed by atoms with Crippen molar-refractivity contribution < 1.29 is 18.3 Å². The molecule has 0 aliphatic carbocycles. The molecule has 1 unspecified atom stereocenters. The summed E-state index contributed by atoms with van der Waals surface area (Å²) < 4.78 is 34.4. The molecule has 2 heterocycles. The van der Waals surface area contributed by atoms with Crippen LogP contribution >= 0.6 is 0 Å². The van der Waals surface area contributed by atoms with Crippen LogP contribution in [0.25, 0.3) is 0 Å². The molecule has 1 saturated heterocycles. The van der Waals surface area contributed by atoms with Crippen LogP contribution in [-0.4, -0.2) is 47.3 Å². The van der Waals surface area contributed by atoms with Crippen molar-refractivity contribution in [1.82, 2.24) is 14.1 Å². The molecule has 3 rings (SSSR count). The van der Waals surface area contributed by atoms with Crippen molar-refractivity contribution in [2.75, 3.05) is 19.7 Å². The molecule has 1 aliphatic rings. The van der Waals surface area contributed by atoms with Gasteiger partial charge in [-0.25, -0.2) is 8.42 Å². The highest BCUT2D eigenvalue weighted by atomic mass is 32.2. The molecule has 1 atom stereocenters. The van der Waals surface area contributed by atoms with Crippen molar-refractivity contribution in [1.29, 1.82) is 0 Å². The van der Waals surface area contributed by atoms with Crippen LogP contribution in [0.5, 0.6) is 5.75 Å². The van der Waals surface area contributed by atoms with Gasteiger partial charge >= 0.3 is 0 Å². The monoisotopic (exact) mass is 351 g/mol. The standard InChI is InChI=1S/C16H21N3O4S/c1-12(2)19-10-15(9-17-19)24(21,22)18-6-7-23-16(11-18)13-4-3-5-14(20)8-13/h3-5,8-10,12,16,20H,6-7,11H2,1-2H3. The average Bonchev–Trinajstić information content (AvgIpc) is 3.06. The van der Waals surface area contributed by atoms with Gasteiger partial charge in [-0.1, -0.05) is 12.1 Å². The van der Waals surface area contributed by atoms with Crippen molar-refractivity contribution in [2.24, 2.45) is 0 Å². The van der Waals surface area contributed by atoms with Gasteiger partial charge in [0.1, 0.15) is 10.6 Å². The summed E-state index contributed by atoms with van der Waals surface area (Å²) in [5, 5.41) is 13.7. The highest BCUT2D eigenvalue weighted by Crippen LogP contribution is 2.28. The molecular formula is C16H21N3O4S. The molecule has 0 amide bonds. The lowest BCUT2D eigenvalue weighted by molar-refractivity contribution is -0.00265. The summed E-state index contributed by atoms with van der Waals surface area (Å²) in [6.07, 6.45) is 2.54. The molecule has 2 aromatic rings. The number of rotatable bonds is 4. The molecule has 1 N–H and O–H groups in total. The van der Waals surface area contributed by atoms with Crippen LogP contribution in [0, 0.1) is 0 Å². The van der Waals surface area contributed by atoms with Gasteiger partial charge in [0.2, 0.25) is 10.0 Å². The Bertz CT molecular complexity index is 816. The molecule has 1 aromatic heterocycles. The van der Waals surface area contributed by atoms with E-state index in [4.69, 9.17) is 4.74 Å². The minimum atomic E-state index is -3.62. The predicted molar refractivity (Wildman–Crippen MR) is 88.2 cm³/mol. The molecule has 7 nitrogen and oxygen atoms in total. The molecule has 0 radical (unpaired) electrons. The number of aromatic hydroxyl groups is 1. The van der Waals surface area contributed by atoms with E-state index in [0.717, 1.165) is 5.56 Å². The number of benzene rings is 1. The van der Waals surface area contributed by atoms with Crippen LogP contribution in [0.2, 0.25) is 0 Å². The van der Waals surface area contributed by atoms with Gasteiger partial charge in [-0.2, -0.15) is 9.40 Å². The first-order chi connectivity index (χ1) is 11.4. The largest absolute Gasteiger partial charge is 0.508 e. The first-order valence-corrected chi connectivity index (χ1v) is 9.27. The number of hydrogen-bond donors (Lipinski definition) is 1. The molecule has 0 saturated carbocycles. The predicted octanol–water partition coefficient (Wildman–Crippen LogP) is 1.93. The van der Waals surface area contributed by atoms with Gasteiger partial charge in [0.25, 0.3) is 0 Å². The Kier molecular flexibility index (Phi) is 4.62. The van der Waals surface area contributed by atoms with E-state index in [1.54, 1.807) is 29.1 Å². The summed E-state index contributed by atoms with van der Waals surface area (Å²) >= 11 is 0. The highest BCUT2D eigenvalue weighted by molar-refractivity contribution is 7.89. The van der Waals surface area contributed by atoms with Crippen LogP contribution in [0.15, 0.2) is 41.6 Å². The van der Waals surface area contributed by atoms with Crippen molar-refractivity contribution in [3.05, 3.63) is 42.2 Å².